The minimum Gasteiger partial charge on any atom is -0.462 e. The molecule has 2 heterocycles. The predicted octanol–water partition coefficient (Wildman–Crippen LogP) is 4.05. The third kappa shape index (κ3) is 4.79. The number of thiocarbonyl (C=S) groups is 1. The van der Waals surface area contributed by atoms with Gasteiger partial charge in [-0.1, -0.05) is 18.5 Å². The second kappa shape index (κ2) is 9.23. The number of esters is 1. The lowest BCUT2D eigenvalue weighted by Gasteiger charge is -2.18. The number of carbonyl (C=O) groups excluding carboxylic acids is 2. The van der Waals surface area contributed by atoms with Crippen molar-refractivity contribution in [2.24, 2.45) is 5.92 Å². The van der Waals surface area contributed by atoms with Crippen LogP contribution in [0.3, 0.4) is 0 Å². The highest BCUT2D eigenvalue weighted by atomic mass is 35.5. The molecule has 1 aliphatic rings. The van der Waals surface area contributed by atoms with E-state index in [9.17, 15) is 9.59 Å². The van der Waals surface area contributed by atoms with E-state index in [2.05, 4.69) is 22.7 Å². The van der Waals surface area contributed by atoms with Gasteiger partial charge in [-0.3, -0.25) is 14.8 Å². The molecule has 7 nitrogen and oxygen atoms in total. The summed E-state index contributed by atoms with van der Waals surface area (Å²) in [6, 6.07) is 0. The molecule has 0 radical (unpaired) electrons. The van der Waals surface area contributed by atoms with E-state index in [-0.39, 0.29) is 21.8 Å². The van der Waals surface area contributed by atoms with Crippen LogP contribution < -0.4 is 10.6 Å². The second-order valence-electron chi connectivity index (χ2n) is 6.87. The molecular weight excluding hydrogens is 432 g/mol. The van der Waals surface area contributed by atoms with Gasteiger partial charge in [-0.05, 0) is 56.8 Å². The number of rotatable bonds is 5. The van der Waals surface area contributed by atoms with Crippen LogP contribution in [0.1, 0.15) is 58.5 Å². The first kappa shape index (κ1) is 21.7. The van der Waals surface area contributed by atoms with Gasteiger partial charge in [0.25, 0.3) is 5.91 Å². The highest BCUT2D eigenvalue weighted by Gasteiger charge is 2.29. The van der Waals surface area contributed by atoms with Gasteiger partial charge in [0.1, 0.15) is 5.00 Å². The van der Waals surface area contributed by atoms with E-state index in [0.717, 1.165) is 29.7 Å². The van der Waals surface area contributed by atoms with Gasteiger partial charge in [-0.25, -0.2) is 4.79 Å². The first-order valence-corrected chi connectivity index (χ1v) is 11.1. The minimum absolute atomic E-state index is 0.0781. The molecular formula is C19H23ClN4O3S2. The van der Waals surface area contributed by atoms with Crippen molar-refractivity contribution in [1.82, 2.24) is 15.1 Å². The first-order chi connectivity index (χ1) is 13.8. The summed E-state index contributed by atoms with van der Waals surface area (Å²) >= 11 is 12.9. The number of ether oxygens (including phenoxy) is 1. The molecule has 2 N–H and O–H groups in total. The fraction of sp³-hybridized carbons (Fsp3) is 0.474. The quantitative estimate of drug-likeness (QED) is 0.523. The Morgan fingerprint density at radius 3 is 2.86 bits per heavy atom. The Labute approximate surface area is 183 Å². The number of hydrogen-bond donors (Lipinski definition) is 2. The van der Waals surface area contributed by atoms with Crippen LogP contribution in [-0.2, 0) is 24.1 Å². The molecule has 3 rings (SSSR count). The number of aromatic nitrogens is 2. The smallest absolute Gasteiger partial charge is 0.341 e. The molecule has 1 amide bonds. The standard InChI is InChI=1S/C19H23ClN4O3S2/c1-4-24-9-12(20)15(23-24)16(25)21-19(28)22-17-14(18(26)27-5-2)11-7-6-10(3)8-13(11)29-17/h9-10H,4-8H2,1-3H3,(H2,21,22,25,28)/t10-/m0/s1. The molecule has 2 aromatic heterocycles. The molecule has 0 saturated carbocycles. The van der Waals surface area contributed by atoms with Crippen molar-refractivity contribution in [1.29, 1.82) is 0 Å². The summed E-state index contributed by atoms with van der Waals surface area (Å²) < 4.78 is 6.82. The molecule has 0 bridgehead atoms. The zero-order valence-electron chi connectivity index (χ0n) is 16.5. The van der Waals surface area contributed by atoms with Crippen LogP contribution in [0.2, 0.25) is 5.02 Å². The molecule has 2 aromatic rings. The van der Waals surface area contributed by atoms with Gasteiger partial charge in [0.15, 0.2) is 10.8 Å². The van der Waals surface area contributed by atoms with Gasteiger partial charge in [-0.15, -0.1) is 11.3 Å². The van der Waals surface area contributed by atoms with Crippen LogP contribution in [0, 0.1) is 5.92 Å². The van der Waals surface area contributed by atoms with Gasteiger partial charge in [-0.2, -0.15) is 5.10 Å². The van der Waals surface area contributed by atoms with Crippen molar-refractivity contribution in [2.75, 3.05) is 11.9 Å². The number of hydrogen-bond acceptors (Lipinski definition) is 6. The Bertz CT molecular complexity index is 954. The number of halogens is 1. The Kier molecular flexibility index (Phi) is 6.92. The number of amides is 1. The SMILES string of the molecule is CCOC(=O)c1c(NC(=S)NC(=O)c2nn(CC)cc2Cl)sc2c1CC[C@H](C)C2. The van der Waals surface area contributed by atoms with Crippen LogP contribution in [0.25, 0.3) is 0 Å². The Morgan fingerprint density at radius 2 is 2.21 bits per heavy atom. The van der Waals surface area contributed by atoms with Crippen LogP contribution in [-0.4, -0.2) is 33.4 Å². The Morgan fingerprint density at radius 1 is 1.45 bits per heavy atom. The van der Waals surface area contributed by atoms with Crippen molar-refractivity contribution in [3.05, 3.63) is 32.9 Å². The summed E-state index contributed by atoms with van der Waals surface area (Å²) in [5.74, 6) is -0.320. The second-order valence-corrected chi connectivity index (χ2v) is 8.79. The lowest BCUT2D eigenvalue weighted by Crippen LogP contribution is -2.34. The fourth-order valence-electron chi connectivity index (χ4n) is 3.27. The molecule has 1 aliphatic carbocycles. The lowest BCUT2D eigenvalue weighted by atomic mass is 9.88. The highest BCUT2D eigenvalue weighted by Crippen LogP contribution is 2.40. The Hall–Kier alpha value is -1.97. The number of nitrogens with zero attached hydrogens (tertiary/aromatic N) is 2. The van der Waals surface area contributed by atoms with E-state index in [1.165, 1.54) is 11.3 Å². The van der Waals surface area contributed by atoms with Crippen molar-refractivity contribution in [2.45, 2.75) is 46.6 Å². The monoisotopic (exact) mass is 454 g/mol. The van der Waals surface area contributed by atoms with E-state index < -0.39 is 5.91 Å². The van der Waals surface area contributed by atoms with E-state index in [1.807, 2.05) is 6.92 Å². The third-order valence-electron chi connectivity index (χ3n) is 4.70. The molecule has 0 saturated heterocycles. The number of nitrogens with one attached hydrogen (secondary N) is 2. The van der Waals surface area contributed by atoms with E-state index in [1.54, 1.807) is 17.8 Å². The minimum atomic E-state index is -0.507. The van der Waals surface area contributed by atoms with Crippen molar-refractivity contribution >= 4 is 57.1 Å². The molecule has 0 spiro atoms. The van der Waals surface area contributed by atoms with Crippen LogP contribution >= 0.6 is 35.2 Å². The molecule has 0 unspecified atom stereocenters. The van der Waals surface area contributed by atoms with Gasteiger partial charge >= 0.3 is 5.97 Å². The summed E-state index contributed by atoms with van der Waals surface area (Å²) in [6.07, 6.45) is 4.35. The van der Waals surface area contributed by atoms with Gasteiger partial charge in [0.2, 0.25) is 0 Å². The maximum atomic E-state index is 12.6. The van der Waals surface area contributed by atoms with Crippen LogP contribution in [0.15, 0.2) is 6.20 Å². The predicted molar refractivity (Wildman–Crippen MR) is 118 cm³/mol. The fourth-order valence-corrected chi connectivity index (χ4v) is 5.17. The van der Waals surface area contributed by atoms with Crippen LogP contribution in [0.5, 0.6) is 0 Å². The van der Waals surface area contributed by atoms with Crippen LogP contribution in [0.4, 0.5) is 5.00 Å². The maximum absolute atomic E-state index is 12.6. The summed E-state index contributed by atoms with van der Waals surface area (Å²) in [5, 5.41) is 10.6. The summed E-state index contributed by atoms with van der Waals surface area (Å²) in [7, 11) is 0. The molecule has 0 aliphatic heterocycles. The lowest BCUT2D eigenvalue weighted by molar-refractivity contribution is 0.0526. The zero-order valence-corrected chi connectivity index (χ0v) is 18.9. The van der Waals surface area contributed by atoms with Gasteiger partial charge in [0.05, 0.1) is 17.2 Å². The number of anilines is 1. The van der Waals surface area contributed by atoms with Crippen molar-refractivity contribution < 1.29 is 14.3 Å². The molecule has 156 valence electrons. The molecule has 29 heavy (non-hydrogen) atoms. The summed E-state index contributed by atoms with van der Waals surface area (Å²) in [5.41, 5.74) is 1.64. The van der Waals surface area contributed by atoms with Gasteiger partial charge < -0.3 is 10.1 Å². The Balaban J connectivity index is 1.79. The average molecular weight is 455 g/mol. The average Bonchev–Trinajstić information content (AvgIpc) is 3.21. The topological polar surface area (TPSA) is 85.2 Å². The molecule has 0 aromatic carbocycles. The van der Waals surface area contributed by atoms with E-state index in [4.69, 9.17) is 28.6 Å². The first-order valence-electron chi connectivity index (χ1n) is 9.50. The number of thiophene rings is 1. The molecule has 0 fully saturated rings. The van der Waals surface area contributed by atoms with Crippen molar-refractivity contribution in [3.63, 3.8) is 0 Å². The zero-order chi connectivity index (χ0) is 21.1. The van der Waals surface area contributed by atoms with E-state index >= 15 is 0 Å². The maximum Gasteiger partial charge on any atom is 0.341 e. The van der Waals surface area contributed by atoms with Crippen molar-refractivity contribution in [3.8, 4) is 0 Å². The third-order valence-corrected chi connectivity index (χ3v) is 6.35. The molecule has 10 heteroatoms. The summed E-state index contributed by atoms with van der Waals surface area (Å²) in [4.78, 5) is 26.2. The normalized spacial score (nSPS) is 15.5. The number of fused-ring (bicyclic) bond motifs is 1. The number of carbonyl (C=O) groups is 2. The largest absolute Gasteiger partial charge is 0.462 e. The van der Waals surface area contributed by atoms with Gasteiger partial charge in [0, 0.05) is 17.6 Å². The van der Waals surface area contributed by atoms with E-state index in [0.29, 0.717) is 29.6 Å². The number of aryl methyl sites for hydroxylation is 1. The summed E-state index contributed by atoms with van der Waals surface area (Å²) in [6.45, 7) is 6.75. The highest BCUT2D eigenvalue weighted by molar-refractivity contribution is 7.80. The molecule has 1 atom stereocenters.